The number of ether oxygens (including phenoxy) is 1. The molecule has 0 unspecified atom stereocenters. The predicted molar refractivity (Wildman–Crippen MR) is 45.1 cm³/mol. The Bertz CT molecular complexity index is 286. The molecule has 0 saturated carbocycles. The summed E-state index contributed by atoms with van der Waals surface area (Å²) in [4.78, 5) is 3.97. The second-order valence-electron chi connectivity index (χ2n) is 2.70. The molecule has 0 aliphatic heterocycles. The van der Waals surface area contributed by atoms with Crippen molar-refractivity contribution in [3.05, 3.63) is 22.9 Å². The molecule has 12 heavy (non-hydrogen) atoms. The average molecular weight is 169 g/mol. The van der Waals surface area contributed by atoms with Gasteiger partial charge < -0.3 is 4.74 Å². The Labute approximate surface area is 71.4 Å². The van der Waals surface area contributed by atoms with E-state index in [1.54, 1.807) is 6.07 Å². The second-order valence-corrected chi connectivity index (χ2v) is 2.70. The summed E-state index contributed by atoms with van der Waals surface area (Å²) in [5.74, 6) is 0.516. The Hall–Kier alpha value is -1.12. The van der Waals surface area contributed by atoms with Gasteiger partial charge in [-0.2, -0.15) is 0 Å². The highest BCUT2D eigenvalue weighted by molar-refractivity contribution is 5.34. The molecule has 2 nitrogen and oxygen atoms in total. The maximum absolute atomic E-state index is 12.2. The molecular formula is C9H12FNO. The number of aromatic nitrogens is 1. The lowest BCUT2D eigenvalue weighted by molar-refractivity contribution is 0.387. The lowest BCUT2D eigenvalue weighted by Gasteiger charge is -2.07. The van der Waals surface area contributed by atoms with Crippen molar-refractivity contribution in [3.63, 3.8) is 0 Å². The summed E-state index contributed by atoms with van der Waals surface area (Å²) in [6.45, 7) is 3.28. The molecule has 0 bridgehead atoms. The third kappa shape index (κ3) is 1.55. The fourth-order valence-electron chi connectivity index (χ4n) is 1.04. The fourth-order valence-corrected chi connectivity index (χ4v) is 1.04. The molecule has 1 rings (SSSR count). The van der Waals surface area contributed by atoms with Crippen molar-refractivity contribution in [2.24, 2.45) is 0 Å². The zero-order valence-corrected chi connectivity index (χ0v) is 7.52. The minimum atomic E-state index is -0.544. The predicted octanol–water partition coefficient (Wildman–Crippen LogP) is 2.18. The van der Waals surface area contributed by atoms with Gasteiger partial charge in [0.25, 0.3) is 0 Å². The van der Waals surface area contributed by atoms with E-state index in [4.69, 9.17) is 4.74 Å². The van der Waals surface area contributed by atoms with Crippen molar-refractivity contribution < 1.29 is 9.13 Å². The van der Waals surface area contributed by atoms with Crippen LogP contribution in [0.25, 0.3) is 0 Å². The number of nitrogens with zero attached hydrogens (tertiary/aromatic N) is 1. The van der Waals surface area contributed by atoms with Crippen LogP contribution in [0.2, 0.25) is 0 Å². The second kappa shape index (κ2) is 3.52. The molecule has 1 heterocycles. The monoisotopic (exact) mass is 169 g/mol. The molecule has 66 valence electrons. The molecule has 3 heteroatoms. The minimum Gasteiger partial charge on any atom is -0.481 e. The molecule has 0 amide bonds. The van der Waals surface area contributed by atoms with Crippen LogP contribution < -0.4 is 4.74 Å². The van der Waals surface area contributed by atoms with Gasteiger partial charge in [0.2, 0.25) is 5.88 Å². The Morgan fingerprint density at radius 2 is 2.17 bits per heavy atom. The summed E-state index contributed by atoms with van der Waals surface area (Å²) in [6, 6.07) is 1.73. The topological polar surface area (TPSA) is 22.1 Å². The molecule has 0 N–H and O–H groups in total. The first-order valence-corrected chi connectivity index (χ1v) is 3.76. The van der Waals surface area contributed by atoms with Gasteiger partial charge >= 0.3 is 0 Å². The van der Waals surface area contributed by atoms with Gasteiger partial charge in [0.15, 0.2) is 0 Å². The first-order valence-electron chi connectivity index (χ1n) is 3.76. The SMILES string of the molecule is COc1nc(CF)cc(C)c1C. The molecule has 0 aliphatic rings. The smallest absolute Gasteiger partial charge is 0.216 e. The van der Waals surface area contributed by atoms with E-state index in [0.29, 0.717) is 11.6 Å². The fraction of sp³-hybridized carbons (Fsp3) is 0.444. The van der Waals surface area contributed by atoms with Crippen LogP contribution in [0.3, 0.4) is 0 Å². The van der Waals surface area contributed by atoms with E-state index in [0.717, 1.165) is 11.1 Å². The Morgan fingerprint density at radius 1 is 1.50 bits per heavy atom. The molecule has 0 atom stereocenters. The lowest BCUT2D eigenvalue weighted by atomic mass is 10.1. The average Bonchev–Trinajstić information content (AvgIpc) is 2.09. The Kier molecular flexibility index (Phi) is 2.63. The zero-order valence-electron chi connectivity index (χ0n) is 7.52. The molecule has 0 aromatic carbocycles. The highest BCUT2D eigenvalue weighted by atomic mass is 19.1. The number of hydrogen-bond acceptors (Lipinski definition) is 2. The Balaban J connectivity index is 3.19. The minimum absolute atomic E-state index is 0.426. The summed E-state index contributed by atoms with van der Waals surface area (Å²) in [5.41, 5.74) is 2.40. The molecule has 1 aromatic rings. The number of halogens is 1. The van der Waals surface area contributed by atoms with E-state index < -0.39 is 6.67 Å². The van der Waals surface area contributed by atoms with Crippen molar-refractivity contribution in [2.45, 2.75) is 20.5 Å². The molecule has 1 aromatic heterocycles. The van der Waals surface area contributed by atoms with E-state index in [1.807, 2.05) is 13.8 Å². The van der Waals surface area contributed by atoms with E-state index in [-0.39, 0.29) is 0 Å². The van der Waals surface area contributed by atoms with Crippen molar-refractivity contribution >= 4 is 0 Å². The third-order valence-electron chi connectivity index (χ3n) is 1.87. The van der Waals surface area contributed by atoms with Gasteiger partial charge in [-0.15, -0.1) is 0 Å². The van der Waals surface area contributed by atoms with Gasteiger partial charge in [-0.1, -0.05) is 0 Å². The molecule has 0 radical (unpaired) electrons. The Morgan fingerprint density at radius 3 is 2.67 bits per heavy atom. The first-order chi connectivity index (χ1) is 5.69. The number of rotatable bonds is 2. The van der Waals surface area contributed by atoms with Gasteiger partial charge in [0, 0.05) is 5.56 Å². The summed E-state index contributed by atoms with van der Waals surface area (Å²) in [6.07, 6.45) is 0. The number of pyridine rings is 1. The van der Waals surface area contributed by atoms with Crippen LogP contribution in [0.5, 0.6) is 5.88 Å². The van der Waals surface area contributed by atoms with E-state index in [2.05, 4.69) is 4.98 Å². The molecule has 0 spiro atoms. The maximum atomic E-state index is 12.2. The number of alkyl halides is 1. The molecular weight excluding hydrogens is 157 g/mol. The summed E-state index contributed by atoms with van der Waals surface area (Å²) < 4.78 is 17.2. The van der Waals surface area contributed by atoms with Gasteiger partial charge in [0.05, 0.1) is 12.8 Å². The normalized spacial score (nSPS) is 10.0. The van der Waals surface area contributed by atoms with Crippen molar-refractivity contribution in [1.82, 2.24) is 4.98 Å². The standard InChI is InChI=1S/C9H12FNO/c1-6-4-8(5-10)11-9(12-3)7(6)2/h4H,5H2,1-3H3. The summed E-state index contributed by atoms with van der Waals surface area (Å²) in [5, 5.41) is 0. The van der Waals surface area contributed by atoms with Gasteiger partial charge in [-0.05, 0) is 25.5 Å². The summed E-state index contributed by atoms with van der Waals surface area (Å²) >= 11 is 0. The van der Waals surface area contributed by atoms with Crippen LogP contribution in [-0.2, 0) is 6.67 Å². The molecule has 0 aliphatic carbocycles. The van der Waals surface area contributed by atoms with Crippen molar-refractivity contribution in [2.75, 3.05) is 7.11 Å². The maximum Gasteiger partial charge on any atom is 0.216 e. The van der Waals surface area contributed by atoms with Crippen LogP contribution in [-0.4, -0.2) is 12.1 Å². The van der Waals surface area contributed by atoms with Gasteiger partial charge in [-0.3, -0.25) is 0 Å². The van der Waals surface area contributed by atoms with Crippen molar-refractivity contribution in [1.29, 1.82) is 0 Å². The molecule has 0 fully saturated rings. The van der Waals surface area contributed by atoms with Crippen LogP contribution in [0.4, 0.5) is 4.39 Å². The van der Waals surface area contributed by atoms with Crippen molar-refractivity contribution in [3.8, 4) is 5.88 Å². The van der Waals surface area contributed by atoms with E-state index >= 15 is 0 Å². The highest BCUT2D eigenvalue weighted by Gasteiger charge is 2.05. The van der Waals surface area contributed by atoms with Gasteiger partial charge in [-0.25, -0.2) is 9.37 Å². The third-order valence-corrected chi connectivity index (χ3v) is 1.87. The lowest BCUT2D eigenvalue weighted by Crippen LogP contribution is -1.97. The van der Waals surface area contributed by atoms with Crippen LogP contribution in [0, 0.1) is 13.8 Å². The summed E-state index contributed by atoms with van der Waals surface area (Å²) in [7, 11) is 1.54. The van der Waals surface area contributed by atoms with Crippen LogP contribution in [0.1, 0.15) is 16.8 Å². The van der Waals surface area contributed by atoms with Gasteiger partial charge in [0.1, 0.15) is 6.67 Å². The first kappa shape index (κ1) is 8.97. The number of methoxy groups -OCH3 is 1. The quantitative estimate of drug-likeness (QED) is 0.677. The van der Waals surface area contributed by atoms with Crippen LogP contribution >= 0.6 is 0 Å². The van der Waals surface area contributed by atoms with Crippen LogP contribution in [0.15, 0.2) is 6.07 Å². The molecule has 0 saturated heterocycles. The highest BCUT2D eigenvalue weighted by Crippen LogP contribution is 2.19. The largest absolute Gasteiger partial charge is 0.481 e. The number of aryl methyl sites for hydroxylation is 1. The van der Waals surface area contributed by atoms with E-state index in [9.17, 15) is 4.39 Å². The number of hydrogen-bond donors (Lipinski definition) is 0. The van der Waals surface area contributed by atoms with E-state index in [1.165, 1.54) is 7.11 Å². The zero-order chi connectivity index (χ0) is 9.14.